The van der Waals surface area contributed by atoms with Crippen molar-refractivity contribution in [1.29, 1.82) is 0 Å². The van der Waals surface area contributed by atoms with Crippen LogP contribution in [0.4, 0.5) is 0 Å². The number of nitrogens with zero attached hydrogens (tertiary/aromatic N) is 2. The van der Waals surface area contributed by atoms with E-state index in [9.17, 15) is 0 Å². The Balaban J connectivity index is 2.15. The smallest absolute Gasteiger partial charge is 0.312 e. The summed E-state index contributed by atoms with van der Waals surface area (Å²) in [6, 6.07) is 0.218. The van der Waals surface area contributed by atoms with Crippen LogP contribution in [0.1, 0.15) is 24.8 Å². The molecule has 1 saturated heterocycles. The number of aromatic nitrogens is 2. The second kappa shape index (κ2) is 2.79. The molecule has 1 aromatic heterocycles. The van der Waals surface area contributed by atoms with E-state index in [1.54, 1.807) is 0 Å². The number of halogens is 1. The van der Waals surface area contributed by atoms with Gasteiger partial charge < -0.3 is 9.73 Å². The van der Waals surface area contributed by atoms with Crippen LogP contribution in [-0.2, 0) is 0 Å². The van der Waals surface area contributed by atoms with Gasteiger partial charge in [-0.1, -0.05) is 5.10 Å². The van der Waals surface area contributed by atoms with Gasteiger partial charge in [0.25, 0.3) is 0 Å². The summed E-state index contributed by atoms with van der Waals surface area (Å²) in [7, 11) is 0. The van der Waals surface area contributed by atoms with Crippen LogP contribution in [0.3, 0.4) is 0 Å². The molecule has 1 aromatic rings. The maximum atomic E-state index is 5.47. The fourth-order valence-corrected chi connectivity index (χ4v) is 1.37. The molecule has 0 bridgehead atoms. The van der Waals surface area contributed by atoms with Crippen molar-refractivity contribution in [3.05, 3.63) is 11.2 Å². The van der Waals surface area contributed by atoms with Crippen LogP contribution in [0.2, 0.25) is 5.35 Å². The van der Waals surface area contributed by atoms with Crippen LogP contribution >= 0.6 is 11.6 Å². The van der Waals surface area contributed by atoms with Gasteiger partial charge in [0, 0.05) is 0 Å². The maximum absolute atomic E-state index is 5.47. The van der Waals surface area contributed by atoms with E-state index in [2.05, 4.69) is 15.5 Å². The van der Waals surface area contributed by atoms with Crippen LogP contribution < -0.4 is 5.32 Å². The lowest BCUT2D eigenvalue weighted by Gasteiger charge is -2.01. The second-order valence-electron chi connectivity index (χ2n) is 2.54. The van der Waals surface area contributed by atoms with Crippen molar-refractivity contribution in [3.8, 4) is 0 Å². The largest absolute Gasteiger partial charge is 0.410 e. The Kier molecular flexibility index (Phi) is 1.79. The highest BCUT2D eigenvalue weighted by Gasteiger charge is 2.21. The number of hydrogen-bond acceptors (Lipinski definition) is 4. The van der Waals surface area contributed by atoms with Gasteiger partial charge in [0.05, 0.1) is 6.04 Å². The summed E-state index contributed by atoms with van der Waals surface area (Å²) in [5.41, 5.74) is 0. The highest BCUT2D eigenvalue weighted by Crippen LogP contribution is 2.22. The Morgan fingerprint density at radius 2 is 2.45 bits per heavy atom. The third kappa shape index (κ3) is 1.36. The van der Waals surface area contributed by atoms with Crippen molar-refractivity contribution in [2.45, 2.75) is 18.9 Å². The van der Waals surface area contributed by atoms with Gasteiger partial charge >= 0.3 is 5.35 Å². The minimum Gasteiger partial charge on any atom is -0.410 e. The third-order valence-corrected chi connectivity index (χ3v) is 1.93. The lowest BCUT2D eigenvalue weighted by molar-refractivity contribution is 0.430. The molecular formula is C6H8ClN3O. The van der Waals surface area contributed by atoms with E-state index < -0.39 is 0 Å². The fraction of sp³-hybridized carbons (Fsp3) is 0.667. The molecule has 0 saturated carbocycles. The summed E-state index contributed by atoms with van der Waals surface area (Å²) in [6.45, 7) is 1.02. The zero-order chi connectivity index (χ0) is 7.68. The van der Waals surface area contributed by atoms with Gasteiger partial charge in [0.2, 0.25) is 5.89 Å². The van der Waals surface area contributed by atoms with Gasteiger partial charge in [-0.3, -0.25) is 0 Å². The maximum Gasteiger partial charge on any atom is 0.312 e. The van der Waals surface area contributed by atoms with Gasteiger partial charge in [0.1, 0.15) is 0 Å². The molecule has 11 heavy (non-hydrogen) atoms. The van der Waals surface area contributed by atoms with Gasteiger partial charge in [-0.2, -0.15) is 0 Å². The van der Waals surface area contributed by atoms with E-state index in [1.807, 2.05) is 0 Å². The predicted octanol–water partition coefficient (Wildman–Crippen LogP) is 1.15. The SMILES string of the molecule is Clc1nnc(C2CCCN2)o1. The molecule has 1 aliphatic rings. The Morgan fingerprint density at radius 3 is 3.00 bits per heavy atom. The molecule has 0 aliphatic carbocycles. The first-order chi connectivity index (χ1) is 5.36. The first-order valence-corrected chi connectivity index (χ1v) is 3.96. The average Bonchev–Trinajstić information content (AvgIpc) is 2.55. The lowest BCUT2D eigenvalue weighted by Crippen LogP contribution is -2.12. The zero-order valence-electron chi connectivity index (χ0n) is 5.88. The summed E-state index contributed by atoms with van der Waals surface area (Å²) >= 11 is 5.47. The van der Waals surface area contributed by atoms with E-state index in [4.69, 9.17) is 16.0 Å². The summed E-state index contributed by atoms with van der Waals surface area (Å²) in [6.07, 6.45) is 2.21. The Labute approximate surface area is 68.9 Å². The minimum atomic E-state index is 0.119. The molecule has 60 valence electrons. The second-order valence-corrected chi connectivity index (χ2v) is 2.87. The van der Waals surface area contributed by atoms with E-state index in [0.29, 0.717) is 5.89 Å². The molecule has 2 heterocycles. The van der Waals surface area contributed by atoms with E-state index in [1.165, 1.54) is 0 Å². The minimum absolute atomic E-state index is 0.119. The van der Waals surface area contributed by atoms with Gasteiger partial charge in [-0.05, 0) is 31.0 Å². The quantitative estimate of drug-likeness (QED) is 0.692. The molecule has 0 radical (unpaired) electrons. The van der Waals surface area contributed by atoms with Gasteiger partial charge in [0.15, 0.2) is 0 Å². The average molecular weight is 174 g/mol. The number of rotatable bonds is 1. The topological polar surface area (TPSA) is 51.0 Å². The zero-order valence-corrected chi connectivity index (χ0v) is 6.64. The molecular weight excluding hydrogens is 166 g/mol. The van der Waals surface area contributed by atoms with Crippen molar-refractivity contribution < 1.29 is 4.42 Å². The molecule has 2 rings (SSSR count). The van der Waals surface area contributed by atoms with Crippen molar-refractivity contribution in [2.24, 2.45) is 0 Å². The van der Waals surface area contributed by atoms with Crippen molar-refractivity contribution in [2.75, 3.05) is 6.54 Å². The molecule has 4 nitrogen and oxygen atoms in total. The molecule has 1 aliphatic heterocycles. The first-order valence-electron chi connectivity index (χ1n) is 3.58. The number of nitrogens with one attached hydrogen (secondary N) is 1. The standard InChI is InChI=1S/C6H8ClN3O/c7-6-10-9-5(11-6)4-2-1-3-8-4/h4,8H,1-3H2. The summed E-state index contributed by atoms with van der Waals surface area (Å²) in [5, 5.41) is 10.7. The molecule has 1 fully saturated rings. The van der Waals surface area contributed by atoms with Gasteiger partial charge in [-0.15, -0.1) is 5.10 Å². The van der Waals surface area contributed by atoms with E-state index in [0.717, 1.165) is 19.4 Å². The Hall–Kier alpha value is -0.610. The molecule has 0 aromatic carbocycles. The van der Waals surface area contributed by atoms with Crippen LogP contribution in [-0.4, -0.2) is 16.7 Å². The van der Waals surface area contributed by atoms with E-state index in [-0.39, 0.29) is 11.4 Å². The molecule has 1 N–H and O–H groups in total. The van der Waals surface area contributed by atoms with Gasteiger partial charge in [-0.25, -0.2) is 0 Å². The summed E-state index contributed by atoms with van der Waals surface area (Å²) < 4.78 is 5.05. The monoisotopic (exact) mass is 173 g/mol. The van der Waals surface area contributed by atoms with Crippen molar-refractivity contribution in [3.63, 3.8) is 0 Å². The highest BCUT2D eigenvalue weighted by molar-refractivity contribution is 6.27. The molecule has 5 heteroatoms. The van der Waals surface area contributed by atoms with Crippen LogP contribution in [0.15, 0.2) is 4.42 Å². The third-order valence-electron chi connectivity index (χ3n) is 1.77. The van der Waals surface area contributed by atoms with Crippen LogP contribution in [0.5, 0.6) is 0 Å². The highest BCUT2D eigenvalue weighted by atomic mass is 35.5. The number of hydrogen-bond donors (Lipinski definition) is 1. The van der Waals surface area contributed by atoms with E-state index >= 15 is 0 Å². The summed E-state index contributed by atoms with van der Waals surface area (Å²) in [5.74, 6) is 0.604. The molecule has 1 atom stereocenters. The molecule has 0 amide bonds. The predicted molar refractivity (Wildman–Crippen MR) is 39.3 cm³/mol. The van der Waals surface area contributed by atoms with Crippen LogP contribution in [0, 0.1) is 0 Å². The Bertz CT molecular complexity index is 244. The Morgan fingerprint density at radius 1 is 1.55 bits per heavy atom. The van der Waals surface area contributed by atoms with Crippen LogP contribution in [0.25, 0.3) is 0 Å². The van der Waals surface area contributed by atoms with Crippen molar-refractivity contribution >= 4 is 11.6 Å². The van der Waals surface area contributed by atoms with Crippen molar-refractivity contribution in [1.82, 2.24) is 15.5 Å². The molecule has 1 unspecified atom stereocenters. The fourth-order valence-electron chi connectivity index (χ4n) is 1.25. The molecule has 0 spiro atoms. The summed E-state index contributed by atoms with van der Waals surface area (Å²) in [4.78, 5) is 0. The normalized spacial score (nSPS) is 24.3. The first kappa shape index (κ1) is 7.06. The lowest BCUT2D eigenvalue weighted by atomic mass is 10.2.